The molecule has 0 saturated carbocycles. The lowest BCUT2D eigenvalue weighted by atomic mass is 9.90. The fourth-order valence-corrected chi connectivity index (χ4v) is 3.90. The zero-order valence-electron chi connectivity index (χ0n) is 16.6. The molecule has 0 atom stereocenters. The predicted octanol–water partition coefficient (Wildman–Crippen LogP) is 0.649. The monoisotopic (exact) mass is 493 g/mol. The summed E-state index contributed by atoms with van der Waals surface area (Å²) in [6, 6.07) is 10.1. The van der Waals surface area contributed by atoms with Crippen molar-refractivity contribution in [3.05, 3.63) is 82.7 Å². The van der Waals surface area contributed by atoms with Crippen LogP contribution in [0.25, 0.3) is 0 Å². The maximum atomic E-state index is 13.3. The predicted molar refractivity (Wildman–Crippen MR) is 101 cm³/mol. The summed E-state index contributed by atoms with van der Waals surface area (Å²) in [5.74, 6) is -0.0949. The van der Waals surface area contributed by atoms with Crippen LogP contribution in [0, 0.1) is 6.92 Å². The van der Waals surface area contributed by atoms with Crippen LogP contribution in [0.1, 0.15) is 56.3 Å². The summed E-state index contributed by atoms with van der Waals surface area (Å²) in [7, 11) is 0. The molecule has 9 heteroatoms. The second kappa shape index (κ2) is 8.74. The minimum absolute atomic E-state index is 0. The number of aromatic nitrogens is 3. The van der Waals surface area contributed by atoms with Gasteiger partial charge in [-0.25, -0.2) is 9.13 Å². The van der Waals surface area contributed by atoms with Gasteiger partial charge in [-0.3, -0.25) is 14.6 Å². The van der Waals surface area contributed by atoms with Crippen LogP contribution in [0.5, 0.6) is 0 Å². The maximum absolute atomic E-state index is 13.3. The van der Waals surface area contributed by atoms with E-state index in [-0.39, 0.29) is 65.0 Å². The van der Waals surface area contributed by atoms with Crippen LogP contribution < -0.4 is 21.5 Å². The first-order valence-corrected chi connectivity index (χ1v) is 9.55. The number of alkyl halides is 3. The Hall–Kier alpha value is -2.81. The van der Waals surface area contributed by atoms with Gasteiger partial charge < -0.3 is 17.0 Å². The quantitative estimate of drug-likeness (QED) is 0.383. The van der Waals surface area contributed by atoms with E-state index in [0.717, 1.165) is 5.56 Å². The van der Waals surface area contributed by atoms with Gasteiger partial charge in [0.2, 0.25) is 23.0 Å². The Balaban J connectivity index is 0.00000272. The van der Waals surface area contributed by atoms with Crippen molar-refractivity contribution in [2.45, 2.75) is 39.0 Å². The Morgan fingerprint density at radius 2 is 1.71 bits per heavy atom. The van der Waals surface area contributed by atoms with E-state index in [1.165, 1.54) is 0 Å². The molecule has 0 N–H and O–H groups in total. The summed E-state index contributed by atoms with van der Waals surface area (Å²) in [5.41, 5.74) is 1.77. The van der Waals surface area contributed by atoms with Gasteiger partial charge in [-0.1, -0.05) is 30.3 Å². The molecule has 0 saturated heterocycles. The van der Waals surface area contributed by atoms with Crippen molar-refractivity contribution < 1.29 is 44.3 Å². The van der Waals surface area contributed by atoms with Gasteiger partial charge in [-0.2, -0.15) is 13.2 Å². The summed E-state index contributed by atoms with van der Waals surface area (Å²) < 4.78 is 41.3. The molecule has 5 nitrogen and oxygen atoms in total. The van der Waals surface area contributed by atoms with E-state index in [4.69, 9.17) is 0 Å². The third kappa shape index (κ3) is 4.32. The molecule has 162 valence electrons. The van der Waals surface area contributed by atoms with Crippen LogP contribution in [0.15, 0.2) is 48.8 Å². The van der Waals surface area contributed by atoms with Gasteiger partial charge in [0.25, 0.3) is 5.82 Å². The molecular formula is C22H19BrF3N3O2. The van der Waals surface area contributed by atoms with Crippen molar-refractivity contribution in [2.24, 2.45) is 0 Å². The Morgan fingerprint density at radius 1 is 1.03 bits per heavy atom. The average Bonchev–Trinajstić information content (AvgIpc) is 2.98. The van der Waals surface area contributed by atoms with Gasteiger partial charge in [0.1, 0.15) is 6.54 Å². The van der Waals surface area contributed by atoms with Gasteiger partial charge in [0, 0.05) is 42.4 Å². The van der Waals surface area contributed by atoms with Crippen LogP contribution in [-0.2, 0) is 13.1 Å². The molecule has 0 spiro atoms. The topological polar surface area (TPSA) is 55.8 Å². The molecule has 31 heavy (non-hydrogen) atoms. The van der Waals surface area contributed by atoms with E-state index in [9.17, 15) is 22.8 Å². The standard InChI is InChI=1S/C22H19F3N3O2.BrH/c1-14-27(11-5-9-22(23,24)25)18-19(28(14)13-15-6-4-10-26-12-15)21(30)17-8-3-2-7-16(17)20(18)29;/h2-4,6-8,10,12H,5,9,11,13H2,1H3;1H/q+1;/p-1. The van der Waals surface area contributed by atoms with Crippen molar-refractivity contribution >= 4 is 11.6 Å². The van der Waals surface area contributed by atoms with Gasteiger partial charge >= 0.3 is 6.18 Å². The number of rotatable bonds is 5. The van der Waals surface area contributed by atoms with Crippen LogP contribution in [0.3, 0.4) is 0 Å². The Kier molecular flexibility index (Phi) is 6.45. The largest absolute Gasteiger partial charge is 1.00 e. The summed E-state index contributed by atoms with van der Waals surface area (Å²) in [6.45, 7) is 2.00. The number of halogens is 4. The molecule has 0 aliphatic heterocycles. The zero-order chi connectivity index (χ0) is 21.5. The SMILES string of the molecule is Cc1n(CCCC(F)(F)F)c2c([n+]1Cc1cccnc1)C(=O)c1ccccc1C2=O.[Br-]. The molecule has 1 aliphatic rings. The number of pyridine rings is 1. The lowest BCUT2D eigenvalue weighted by Gasteiger charge is -2.13. The van der Waals surface area contributed by atoms with E-state index in [0.29, 0.717) is 11.4 Å². The highest BCUT2D eigenvalue weighted by Gasteiger charge is 2.43. The number of carbonyl (C=O) groups is 2. The lowest BCUT2D eigenvalue weighted by molar-refractivity contribution is -0.695. The third-order valence-electron chi connectivity index (χ3n) is 5.30. The summed E-state index contributed by atoms with van der Waals surface area (Å²) in [4.78, 5) is 30.6. The minimum atomic E-state index is -4.28. The van der Waals surface area contributed by atoms with E-state index in [2.05, 4.69) is 4.98 Å². The van der Waals surface area contributed by atoms with Crippen LogP contribution >= 0.6 is 0 Å². The van der Waals surface area contributed by atoms with E-state index in [1.807, 2.05) is 6.07 Å². The van der Waals surface area contributed by atoms with E-state index >= 15 is 0 Å². The van der Waals surface area contributed by atoms with Crippen molar-refractivity contribution in [3.8, 4) is 0 Å². The summed E-state index contributed by atoms with van der Waals surface area (Å²) in [5, 5.41) is 0. The molecular weight excluding hydrogens is 475 g/mol. The highest BCUT2D eigenvalue weighted by atomic mass is 79.9. The first-order chi connectivity index (χ1) is 14.3. The highest BCUT2D eigenvalue weighted by molar-refractivity contribution is 6.26. The van der Waals surface area contributed by atoms with Crippen LogP contribution in [0.4, 0.5) is 13.2 Å². The van der Waals surface area contributed by atoms with Crippen LogP contribution in [0.2, 0.25) is 0 Å². The smallest absolute Gasteiger partial charge is 0.389 e. The summed E-state index contributed by atoms with van der Waals surface area (Å²) >= 11 is 0. The summed E-state index contributed by atoms with van der Waals surface area (Å²) in [6.07, 6.45) is -2.13. The number of nitrogens with zero attached hydrogens (tertiary/aromatic N) is 3. The normalized spacial score (nSPS) is 12.9. The molecule has 1 aliphatic carbocycles. The Bertz CT molecular complexity index is 1140. The molecule has 0 amide bonds. The van der Waals surface area contributed by atoms with Gasteiger partial charge in [-0.05, 0) is 12.5 Å². The lowest BCUT2D eigenvalue weighted by Crippen LogP contribution is -3.00. The number of imidazole rings is 1. The Labute approximate surface area is 187 Å². The zero-order valence-corrected chi connectivity index (χ0v) is 18.2. The third-order valence-corrected chi connectivity index (χ3v) is 5.30. The second-order valence-corrected chi connectivity index (χ2v) is 7.27. The molecule has 0 bridgehead atoms. The molecule has 0 fully saturated rings. The number of hydrogen-bond donors (Lipinski definition) is 0. The van der Waals surface area contributed by atoms with Gasteiger partial charge in [0.05, 0.1) is 6.54 Å². The van der Waals surface area contributed by atoms with Crippen molar-refractivity contribution in [2.75, 3.05) is 0 Å². The minimum Gasteiger partial charge on any atom is -1.00 e. The van der Waals surface area contributed by atoms with E-state index < -0.39 is 12.6 Å². The first-order valence-electron chi connectivity index (χ1n) is 9.55. The fourth-order valence-electron chi connectivity index (χ4n) is 3.90. The number of fused-ring (bicyclic) bond motifs is 2. The average molecular weight is 494 g/mol. The second-order valence-electron chi connectivity index (χ2n) is 7.27. The van der Waals surface area contributed by atoms with Crippen molar-refractivity contribution in [1.82, 2.24) is 9.55 Å². The molecule has 4 rings (SSSR count). The van der Waals surface area contributed by atoms with Crippen LogP contribution in [-0.4, -0.2) is 27.3 Å². The molecule has 0 unspecified atom stereocenters. The highest BCUT2D eigenvalue weighted by Crippen LogP contribution is 2.28. The number of carbonyl (C=O) groups excluding carboxylic acids is 2. The van der Waals surface area contributed by atoms with E-state index in [1.54, 1.807) is 58.8 Å². The molecule has 3 aromatic rings. The first kappa shape index (κ1) is 22.9. The Morgan fingerprint density at radius 3 is 2.32 bits per heavy atom. The van der Waals surface area contributed by atoms with Crippen molar-refractivity contribution in [1.29, 1.82) is 0 Å². The van der Waals surface area contributed by atoms with Gasteiger partial charge in [0.15, 0.2) is 0 Å². The number of benzene rings is 1. The fraction of sp³-hybridized carbons (Fsp3) is 0.273. The van der Waals surface area contributed by atoms with Gasteiger partial charge in [-0.15, -0.1) is 0 Å². The molecule has 0 radical (unpaired) electrons. The number of ketones is 2. The molecule has 2 aromatic heterocycles. The molecule has 2 heterocycles. The molecule has 1 aromatic carbocycles. The number of hydrogen-bond acceptors (Lipinski definition) is 3. The van der Waals surface area contributed by atoms with Crippen molar-refractivity contribution in [3.63, 3.8) is 0 Å². The maximum Gasteiger partial charge on any atom is 0.389 e.